The second kappa shape index (κ2) is 25.4. The monoisotopic (exact) mass is 1130 g/mol. The molecule has 4 fully saturated rings. The van der Waals surface area contributed by atoms with E-state index in [2.05, 4.69) is 39.8 Å². The van der Waals surface area contributed by atoms with Crippen LogP contribution in [0, 0.1) is 23.7 Å². The Morgan fingerprint density at radius 1 is 0.815 bits per heavy atom. The highest BCUT2D eigenvalue weighted by Crippen LogP contribution is 2.48. The molecule has 81 heavy (non-hydrogen) atoms. The highest BCUT2D eigenvalue weighted by atomic mass is 16.7. The standard InChI is InChI=1S/C48H72O14.C15H14O4/c1-11-25(2)43-28(5)17-18-47(62-43)23-34-20-33(61-47)16-15-27(4)42(26(3)13-12-14-32-24-55-45-40(49)29(6)19-35(46(51)58-34)48(32,45)52)59-39-22-37(54-10)44(31(8)57-39)60-38-21-36(53-9)41(50)30(7)56-38;1-8(2)14-15(17-3)10-6-9-4-5-13(16)18-11(9)7-12(10)19-14/h12-15,17-19,25-26,28,30-31,33-45,49-50,52H,11,16,20-24H2,1-10H3;4-8H,1-3H3. The van der Waals surface area contributed by atoms with Crippen LogP contribution in [0.25, 0.3) is 21.9 Å². The fourth-order valence-corrected chi connectivity index (χ4v) is 12.8. The van der Waals surface area contributed by atoms with Gasteiger partial charge in [0.05, 0.1) is 61.8 Å². The van der Waals surface area contributed by atoms with Crippen LogP contribution in [0.2, 0.25) is 0 Å². The lowest BCUT2D eigenvalue weighted by Gasteiger charge is -2.48. The van der Waals surface area contributed by atoms with Gasteiger partial charge in [0.15, 0.2) is 24.1 Å². The third kappa shape index (κ3) is 12.6. The number of esters is 1. The third-order valence-corrected chi connectivity index (χ3v) is 17.6. The Balaban J connectivity index is 0.000000349. The van der Waals surface area contributed by atoms with E-state index in [1.165, 1.54) is 6.07 Å². The number of carbonyl (C=O) groups is 1. The van der Waals surface area contributed by atoms with Gasteiger partial charge >= 0.3 is 11.6 Å². The molecule has 2 aromatic heterocycles. The van der Waals surface area contributed by atoms with Gasteiger partial charge in [-0.05, 0) is 75.0 Å². The smallest absolute Gasteiger partial charge is 0.336 e. The van der Waals surface area contributed by atoms with Gasteiger partial charge in [-0.25, -0.2) is 4.79 Å². The predicted octanol–water partition coefficient (Wildman–Crippen LogP) is 9.05. The SMILES string of the molecule is CCC(C)C1OC2(C=CC1C)CC1CC(CC=C(C)C(OC3CC(OC)C(OC4CC(OC)C(O)C(C)O4)C(C)O3)C(C)C=CC=C3COC4C(O)C(C)=CC(C(=O)O1)C34O)O2.COc1c(C(C)C)oc2cc3oc(=O)ccc3cc12. The van der Waals surface area contributed by atoms with Gasteiger partial charge in [-0.3, -0.25) is 4.79 Å². The molecule has 4 saturated heterocycles. The maximum atomic E-state index is 14.3. The van der Waals surface area contributed by atoms with Gasteiger partial charge in [0.2, 0.25) is 0 Å². The lowest BCUT2D eigenvalue weighted by atomic mass is 9.71. The van der Waals surface area contributed by atoms with E-state index in [0.717, 1.165) is 34.3 Å². The number of ether oxygens (including phenoxy) is 11. The molecule has 20 unspecified atom stereocenters. The average molecular weight is 1130 g/mol. The lowest BCUT2D eigenvalue weighted by molar-refractivity contribution is -0.318. The van der Waals surface area contributed by atoms with Crippen LogP contribution < -0.4 is 10.4 Å². The summed E-state index contributed by atoms with van der Waals surface area (Å²) in [5, 5.41) is 36.0. The molecule has 20 atom stereocenters. The van der Waals surface area contributed by atoms with Crippen molar-refractivity contribution in [1.82, 2.24) is 0 Å². The molecule has 6 aliphatic heterocycles. The molecule has 3 N–H and O–H groups in total. The number of carbonyl (C=O) groups excluding carboxylic acids is 1. The topological polar surface area (TPSA) is 223 Å². The Hall–Kier alpha value is -4.54. The molecule has 8 heterocycles. The number of furan rings is 1. The number of fused-ring (bicyclic) bond motifs is 4. The maximum absolute atomic E-state index is 14.3. The quantitative estimate of drug-likeness (QED) is 0.0978. The van der Waals surface area contributed by atoms with Gasteiger partial charge in [-0.15, -0.1) is 0 Å². The van der Waals surface area contributed by atoms with Crippen molar-refractivity contribution < 1.29 is 81.1 Å². The highest BCUT2D eigenvalue weighted by Gasteiger charge is 2.60. The summed E-state index contributed by atoms with van der Waals surface area (Å²) in [6.07, 6.45) is 8.55. The summed E-state index contributed by atoms with van der Waals surface area (Å²) in [6.45, 7) is 20.2. The van der Waals surface area contributed by atoms with Gasteiger partial charge in [-0.2, -0.15) is 0 Å². The molecule has 0 amide bonds. The fourth-order valence-electron chi connectivity index (χ4n) is 12.8. The molecular weight excluding hydrogens is 1040 g/mol. The third-order valence-electron chi connectivity index (χ3n) is 17.6. The molecule has 1 aliphatic carbocycles. The first kappa shape index (κ1) is 61.0. The van der Waals surface area contributed by atoms with Crippen molar-refractivity contribution >= 4 is 27.9 Å². The van der Waals surface area contributed by atoms with E-state index in [-0.39, 0.29) is 54.2 Å². The minimum absolute atomic E-state index is 0.0317. The molecule has 18 nitrogen and oxygen atoms in total. The van der Waals surface area contributed by atoms with Gasteiger partial charge < -0.3 is 76.3 Å². The summed E-state index contributed by atoms with van der Waals surface area (Å²) in [6, 6.07) is 6.80. The van der Waals surface area contributed by atoms with Crippen molar-refractivity contribution in [2.24, 2.45) is 23.7 Å². The zero-order valence-corrected chi connectivity index (χ0v) is 49.2. The molecule has 10 rings (SSSR count). The lowest BCUT2D eigenvalue weighted by Crippen LogP contribution is -2.58. The summed E-state index contributed by atoms with van der Waals surface area (Å²) < 4.78 is 80.1. The van der Waals surface area contributed by atoms with Crippen LogP contribution in [0.4, 0.5) is 0 Å². The number of benzene rings is 1. The number of methoxy groups -OCH3 is 3. The van der Waals surface area contributed by atoms with E-state index < -0.39 is 90.8 Å². The summed E-state index contributed by atoms with van der Waals surface area (Å²) in [5.41, 5.74) is 0.956. The molecule has 3 aromatic rings. The molecule has 0 radical (unpaired) electrons. The van der Waals surface area contributed by atoms with E-state index in [4.69, 9.17) is 60.9 Å². The summed E-state index contributed by atoms with van der Waals surface area (Å²) in [4.78, 5) is 25.6. The van der Waals surface area contributed by atoms with E-state index in [1.54, 1.807) is 59.5 Å². The van der Waals surface area contributed by atoms with Gasteiger partial charge in [0, 0.05) is 75.2 Å². The van der Waals surface area contributed by atoms with E-state index in [0.29, 0.717) is 54.4 Å². The first-order valence-electron chi connectivity index (χ1n) is 29.0. The molecule has 0 saturated carbocycles. The molecule has 446 valence electrons. The number of aliphatic hydroxyl groups excluding tert-OH is 2. The van der Waals surface area contributed by atoms with Crippen molar-refractivity contribution in [3.63, 3.8) is 0 Å². The first-order valence-corrected chi connectivity index (χ1v) is 29.0. The minimum atomic E-state index is -1.84. The summed E-state index contributed by atoms with van der Waals surface area (Å²) >= 11 is 0. The minimum Gasteiger partial charge on any atom is -0.492 e. The number of hydrogen-bond donors (Lipinski definition) is 3. The Labute approximate surface area is 475 Å². The second-order valence-corrected chi connectivity index (χ2v) is 23.8. The van der Waals surface area contributed by atoms with E-state index in [1.807, 2.05) is 52.0 Å². The number of rotatable bonds is 10. The van der Waals surface area contributed by atoms with Gasteiger partial charge in [0.1, 0.15) is 59.0 Å². The molecule has 7 aliphatic rings. The van der Waals surface area contributed by atoms with Crippen molar-refractivity contribution in [3.05, 3.63) is 99.7 Å². The van der Waals surface area contributed by atoms with Crippen LogP contribution in [0.5, 0.6) is 5.75 Å². The molecule has 1 aromatic carbocycles. The van der Waals surface area contributed by atoms with Crippen molar-refractivity contribution in [1.29, 1.82) is 0 Å². The number of allylic oxidation sites excluding steroid dienone is 2. The highest BCUT2D eigenvalue weighted by molar-refractivity contribution is 5.97. The Kier molecular flexibility index (Phi) is 19.1. The van der Waals surface area contributed by atoms with Crippen LogP contribution in [0.3, 0.4) is 0 Å². The number of aliphatic hydroxyl groups is 3. The van der Waals surface area contributed by atoms with Crippen molar-refractivity contribution in [2.45, 2.75) is 211 Å². The largest absolute Gasteiger partial charge is 0.492 e. The average Bonchev–Trinajstić information content (AvgIpc) is 4.18. The Bertz CT molecular complexity index is 2900. The van der Waals surface area contributed by atoms with Crippen LogP contribution in [-0.2, 0) is 52.2 Å². The van der Waals surface area contributed by atoms with E-state index in [9.17, 15) is 24.9 Å². The van der Waals surface area contributed by atoms with Crippen molar-refractivity contribution in [2.75, 3.05) is 27.9 Å². The second-order valence-electron chi connectivity index (χ2n) is 23.8. The number of hydrogen-bond acceptors (Lipinski definition) is 18. The van der Waals surface area contributed by atoms with Gasteiger partial charge in [0.25, 0.3) is 0 Å². The summed E-state index contributed by atoms with van der Waals surface area (Å²) in [5.74, 6) is -0.794. The Morgan fingerprint density at radius 3 is 2.26 bits per heavy atom. The van der Waals surface area contributed by atoms with Crippen LogP contribution >= 0.6 is 0 Å². The molecule has 18 heteroatoms. The van der Waals surface area contributed by atoms with E-state index >= 15 is 0 Å². The normalized spacial score (nSPS) is 38.7. The summed E-state index contributed by atoms with van der Waals surface area (Å²) in [7, 11) is 4.85. The predicted molar refractivity (Wildman–Crippen MR) is 300 cm³/mol. The van der Waals surface area contributed by atoms with Crippen LogP contribution in [-0.4, -0.2) is 146 Å². The first-order chi connectivity index (χ1) is 38.6. The van der Waals surface area contributed by atoms with Crippen LogP contribution in [0.15, 0.2) is 97.1 Å². The maximum Gasteiger partial charge on any atom is 0.336 e. The van der Waals surface area contributed by atoms with Gasteiger partial charge in [-0.1, -0.05) is 84.4 Å². The zero-order valence-electron chi connectivity index (χ0n) is 49.2. The Morgan fingerprint density at radius 2 is 1.54 bits per heavy atom. The van der Waals surface area contributed by atoms with Crippen molar-refractivity contribution in [3.8, 4) is 5.75 Å². The molecule has 2 bridgehead atoms. The van der Waals surface area contributed by atoms with Crippen LogP contribution in [0.1, 0.15) is 119 Å². The fraction of sp³-hybridized carbons (Fsp3) is 0.651. The zero-order chi connectivity index (χ0) is 58.2. The molecular formula is C63H86O18. The molecule has 1 spiro atoms.